The number of ether oxygens (including phenoxy) is 1. The number of ketones is 1. The number of halogens is 1. The molecule has 0 atom stereocenters. The van der Waals surface area contributed by atoms with Crippen LogP contribution in [0.3, 0.4) is 0 Å². The van der Waals surface area contributed by atoms with Crippen LogP contribution in [-0.2, 0) is 4.74 Å². The fourth-order valence-corrected chi connectivity index (χ4v) is 2.59. The maximum absolute atomic E-state index is 12.8. The third-order valence-electron chi connectivity index (χ3n) is 3.43. The van der Waals surface area contributed by atoms with Gasteiger partial charge in [0.2, 0.25) is 5.78 Å². The lowest BCUT2D eigenvalue weighted by molar-refractivity contribution is 0.102. The van der Waals surface area contributed by atoms with Crippen molar-refractivity contribution < 1.29 is 14.3 Å². The van der Waals surface area contributed by atoms with Crippen molar-refractivity contribution in [3.63, 3.8) is 0 Å². The molecule has 0 aliphatic heterocycles. The Kier molecular flexibility index (Phi) is 4.18. The maximum Gasteiger partial charge on any atom is 0.419 e. The average molecular weight is 345 g/mol. The van der Waals surface area contributed by atoms with E-state index in [1.807, 2.05) is 0 Å². The highest BCUT2D eigenvalue weighted by atomic mass is 35.5. The number of fused-ring (bicyclic) bond motifs is 1. The molecular formula is C16H13ClN4O3. The zero-order valence-electron chi connectivity index (χ0n) is 12.7. The molecule has 0 saturated carbocycles. The molecule has 3 aromatic rings. The third kappa shape index (κ3) is 2.59. The van der Waals surface area contributed by atoms with E-state index >= 15 is 0 Å². The highest BCUT2D eigenvalue weighted by molar-refractivity contribution is 6.31. The number of carbonyl (C=O) groups is 2. The van der Waals surface area contributed by atoms with Gasteiger partial charge in [0.05, 0.1) is 24.0 Å². The number of hydrogen-bond donors (Lipinski definition) is 1. The van der Waals surface area contributed by atoms with Gasteiger partial charge in [-0.25, -0.2) is 14.3 Å². The van der Waals surface area contributed by atoms with Gasteiger partial charge in [0.1, 0.15) is 11.4 Å². The van der Waals surface area contributed by atoms with Crippen LogP contribution in [0.4, 0.5) is 10.5 Å². The summed E-state index contributed by atoms with van der Waals surface area (Å²) in [5.74, 6) is -0.527. The van der Waals surface area contributed by atoms with Crippen molar-refractivity contribution in [2.24, 2.45) is 0 Å². The third-order valence-corrected chi connectivity index (χ3v) is 3.67. The molecular weight excluding hydrogens is 332 g/mol. The predicted octanol–water partition coefficient (Wildman–Crippen LogP) is 2.90. The van der Waals surface area contributed by atoms with Crippen LogP contribution < -0.4 is 5.73 Å². The molecule has 1 aromatic carbocycles. The summed E-state index contributed by atoms with van der Waals surface area (Å²) >= 11 is 6.02. The number of nitrogen functional groups attached to an aromatic ring is 1. The van der Waals surface area contributed by atoms with Crippen LogP contribution in [0.1, 0.15) is 23.1 Å². The average Bonchev–Trinajstić information content (AvgIpc) is 2.87. The fourth-order valence-electron chi connectivity index (χ4n) is 2.43. The largest absolute Gasteiger partial charge is 0.449 e. The van der Waals surface area contributed by atoms with Crippen molar-refractivity contribution in [2.45, 2.75) is 6.92 Å². The number of aromatic nitrogens is 3. The van der Waals surface area contributed by atoms with Gasteiger partial charge in [-0.3, -0.25) is 9.78 Å². The molecule has 0 saturated heterocycles. The number of benzene rings is 1. The lowest BCUT2D eigenvalue weighted by Crippen LogP contribution is -2.20. The summed E-state index contributed by atoms with van der Waals surface area (Å²) in [4.78, 5) is 33.0. The highest BCUT2D eigenvalue weighted by Crippen LogP contribution is 2.32. The number of nitrogens with zero attached hydrogens (tertiary/aromatic N) is 3. The second kappa shape index (κ2) is 6.29. The molecule has 0 amide bonds. The zero-order valence-corrected chi connectivity index (χ0v) is 13.4. The molecule has 0 spiro atoms. The first kappa shape index (κ1) is 15.9. The van der Waals surface area contributed by atoms with E-state index in [4.69, 9.17) is 22.1 Å². The first-order chi connectivity index (χ1) is 11.5. The molecule has 0 aliphatic carbocycles. The van der Waals surface area contributed by atoms with E-state index in [0.29, 0.717) is 15.9 Å². The second-order valence-electron chi connectivity index (χ2n) is 4.88. The van der Waals surface area contributed by atoms with Crippen molar-refractivity contribution in [3.05, 3.63) is 53.2 Å². The molecule has 7 nitrogen and oxygen atoms in total. The van der Waals surface area contributed by atoms with Crippen molar-refractivity contribution in [3.8, 4) is 0 Å². The fraction of sp³-hybridized carbons (Fsp3) is 0.125. The minimum atomic E-state index is -0.714. The number of carbonyl (C=O) groups excluding carboxylic acids is 2. The Morgan fingerprint density at radius 2 is 2.12 bits per heavy atom. The molecule has 0 fully saturated rings. The Balaban J connectivity index is 2.30. The first-order valence-corrected chi connectivity index (χ1v) is 7.49. The molecule has 3 rings (SSSR count). The van der Waals surface area contributed by atoms with Gasteiger partial charge in [-0.1, -0.05) is 11.6 Å². The van der Waals surface area contributed by atoms with Gasteiger partial charge in [-0.2, -0.15) is 0 Å². The standard InChI is InChI=1S/C16H13ClN4O3/c1-2-24-16(23)21-12-7-9(17)3-4-10(12)13(18)14(21)15(22)11-8-19-5-6-20-11/h3-8H,2,18H2,1H3. The smallest absolute Gasteiger partial charge is 0.419 e. The lowest BCUT2D eigenvalue weighted by Gasteiger charge is -2.08. The van der Waals surface area contributed by atoms with Crippen LogP contribution in [0.2, 0.25) is 5.02 Å². The summed E-state index contributed by atoms with van der Waals surface area (Å²) < 4.78 is 6.18. The summed E-state index contributed by atoms with van der Waals surface area (Å²) in [5.41, 5.74) is 6.72. The van der Waals surface area contributed by atoms with Gasteiger partial charge < -0.3 is 10.5 Å². The molecule has 2 heterocycles. The normalized spacial score (nSPS) is 10.8. The minimum Gasteiger partial charge on any atom is -0.449 e. The van der Waals surface area contributed by atoms with Crippen LogP contribution in [0.5, 0.6) is 0 Å². The highest BCUT2D eigenvalue weighted by Gasteiger charge is 2.27. The quantitative estimate of drug-likeness (QED) is 0.733. The van der Waals surface area contributed by atoms with E-state index in [2.05, 4.69) is 9.97 Å². The van der Waals surface area contributed by atoms with Crippen molar-refractivity contribution in [2.75, 3.05) is 12.3 Å². The Labute approximate surface area is 142 Å². The SMILES string of the molecule is CCOC(=O)n1c(C(=O)c2cnccn2)c(N)c2ccc(Cl)cc21. The van der Waals surface area contributed by atoms with Crippen LogP contribution in [0.15, 0.2) is 36.8 Å². The van der Waals surface area contributed by atoms with E-state index < -0.39 is 11.9 Å². The van der Waals surface area contributed by atoms with E-state index in [1.165, 1.54) is 18.6 Å². The topological polar surface area (TPSA) is 100 Å². The van der Waals surface area contributed by atoms with Gasteiger partial charge in [0.25, 0.3) is 0 Å². The Bertz CT molecular complexity index is 937. The van der Waals surface area contributed by atoms with Gasteiger partial charge in [0.15, 0.2) is 0 Å². The van der Waals surface area contributed by atoms with Gasteiger partial charge in [-0.15, -0.1) is 0 Å². The summed E-state index contributed by atoms with van der Waals surface area (Å²) in [6.45, 7) is 1.82. The molecule has 0 aliphatic rings. The molecule has 0 unspecified atom stereocenters. The van der Waals surface area contributed by atoms with Crippen LogP contribution >= 0.6 is 11.6 Å². The summed E-state index contributed by atoms with van der Waals surface area (Å²) in [6.07, 6.45) is 3.43. The van der Waals surface area contributed by atoms with Gasteiger partial charge >= 0.3 is 6.09 Å². The molecule has 8 heteroatoms. The molecule has 122 valence electrons. The van der Waals surface area contributed by atoms with E-state index in [9.17, 15) is 9.59 Å². The number of anilines is 1. The summed E-state index contributed by atoms with van der Waals surface area (Å²) in [5, 5.41) is 0.934. The lowest BCUT2D eigenvalue weighted by atomic mass is 10.1. The van der Waals surface area contributed by atoms with Crippen molar-refractivity contribution >= 4 is 40.1 Å². The molecule has 2 N–H and O–H groups in total. The number of nitrogens with two attached hydrogens (primary N) is 1. The second-order valence-corrected chi connectivity index (χ2v) is 5.31. The van der Waals surface area contributed by atoms with Gasteiger partial charge in [-0.05, 0) is 25.1 Å². The van der Waals surface area contributed by atoms with Crippen molar-refractivity contribution in [1.29, 1.82) is 0 Å². The van der Waals surface area contributed by atoms with E-state index in [-0.39, 0.29) is 23.7 Å². The Morgan fingerprint density at radius 3 is 2.79 bits per heavy atom. The molecule has 24 heavy (non-hydrogen) atoms. The number of hydrogen-bond acceptors (Lipinski definition) is 6. The van der Waals surface area contributed by atoms with Crippen LogP contribution in [-0.4, -0.2) is 33.0 Å². The summed E-state index contributed by atoms with van der Waals surface area (Å²) in [6, 6.07) is 4.83. The maximum atomic E-state index is 12.8. The van der Waals surface area contributed by atoms with E-state index in [0.717, 1.165) is 4.57 Å². The molecule has 0 radical (unpaired) electrons. The van der Waals surface area contributed by atoms with Gasteiger partial charge in [0, 0.05) is 22.8 Å². The van der Waals surface area contributed by atoms with Crippen molar-refractivity contribution in [1.82, 2.24) is 14.5 Å². The molecule has 2 aromatic heterocycles. The molecule has 0 bridgehead atoms. The zero-order chi connectivity index (χ0) is 17.3. The first-order valence-electron chi connectivity index (χ1n) is 7.11. The van der Waals surface area contributed by atoms with Crippen LogP contribution in [0.25, 0.3) is 10.9 Å². The predicted molar refractivity (Wildman–Crippen MR) is 89.2 cm³/mol. The van der Waals surface area contributed by atoms with E-state index in [1.54, 1.807) is 25.1 Å². The Morgan fingerprint density at radius 1 is 1.33 bits per heavy atom. The minimum absolute atomic E-state index is 0.0220. The Hall–Kier alpha value is -2.93. The van der Waals surface area contributed by atoms with Crippen LogP contribution in [0, 0.1) is 0 Å². The monoisotopic (exact) mass is 344 g/mol. The number of rotatable bonds is 3. The summed E-state index contributed by atoms with van der Waals surface area (Å²) in [7, 11) is 0.